The van der Waals surface area contributed by atoms with Crippen molar-refractivity contribution >= 4 is 50.0 Å². The van der Waals surface area contributed by atoms with Gasteiger partial charge in [-0.05, 0) is 96.8 Å². The first-order valence-electron chi connectivity index (χ1n) is 12.4. The number of allylic oxidation sites excluding steroid dienone is 4. The van der Waals surface area contributed by atoms with Gasteiger partial charge in [0.05, 0.1) is 0 Å². The molecule has 5 aromatic carbocycles. The predicted octanol–water partition coefficient (Wildman–Crippen LogP) is 7.90. The molecule has 0 unspecified atom stereocenters. The van der Waals surface area contributed by atoms with Gasteiger partial charge in [0.1, 0.15) is 0 Å². The molecule has 0 aromatic heterocycles. The van der Waals surface area contributed by atoms with Crippen LogP contribution in [-0.2, 0) is 0 Å². The van der Waals surface area contributed by atoms with Crippen LogP contribution in [0.3, 0.4) is 0 Å². The number of fused-ring (bicyclic) bond motifs is 5. The fourth-order valence-corrected chi connectivity index (χ4v) is 5.98. The zero-order chi connectivity index (χ0) is 22.5. The molecule has 0 amide bonds. The minimum atomic E-state index is 1.10. The van der Waals surface area contributed by atoms with E-state index in [4.69, 9.17) is 0 Å². The minimum absolute atomic E-state index is 1.10. The first-order valence-corrected chi connectivity index (χ1v) is 12.4. The quantitative estimate of drug-likeness (QED) is 0.248. The molecule has 0 saturated carbocycles. The zero-order valence-electron chi connectivity index (χ0n) is 19.2. The summed E-state index contributed by atoms with van der Waals surface area (Å²) in [6, 6.07) is 29.3. The van der Waals surface area contributed by atoms with Gasteiger partial charge in [-0.25, -0.2) is 0 Å². The molecule has 0 radical (unpaired) electrons. The van der Waals surface area contributed by atoms with Crippen molar-refractivity contribution < 1.29 is 0 Å². The van der Waals surface area contributed by atoms with E-state index >= 15 is 0 Å². The maximum absolute atomic E-state index is 2.48. The fraction of sp³-hybridized carbons (Fsp3) is 0.118. The van der Waals surface area contributed by atoms with Gasteiger partial charge < -0.3 is 0 Å². The van der Waals surface area contributed by atoms with Gasteiger partial charge in [-0.1, -0.05) is 103 Å². The van der Waals surface area contributed by atoms with E-state index in [9.17, 15) is 0 Å². The van der Waals surface area contributed by atoms with Crippen molar-refractivity contribution in [3.63, 3.8) is 0 Å². The van der Waals surface area contributed by atoms with E-state index in [1.165, 1.54) is 65.0 Å². The molecule has 0 heterocycles. The Kier molecular flexibility index (Phi) is 4.52. The molecule has 0 bridgehead atoms. The molecular formula is C34H26. The smallest absolute Gasteiger partial charge is 0.00295 e. The molecule has 162 valence electrons. The molecule has 0 N–H and O–H groups in total. The van der Waals surface area contributed by atoms with E-state index in [2.05, 4.69) is 109 Å². The fourth-order valence-electron chi connectivity index (χ4n) is 5.98. The van der Waals surface area contributed by atoms with Gasteiger partial charge in [-0.2, -0.15) is 0 Å². The molecule has 2 aliphatic carbocycles. The van der Waals surface area contributed by atoms with E-state index in [0.717, 1.165) is 25.7 Å². The highest BCUT2D eigenvalue weighted by Gasteiger charge is 2.17. The van der Waals surface area contributed by atoms with Crippen LogP contribution in [-0.4, -0.2) is 0 Å². The summed E-state index contributed by atoms with van der Waals surface area (Å²) in [5, 5.41) is 10.8. The predicted molar refractivity (Wildman–Crippen MR) is 148 cm³/mol. The lowest BCUT2D eigenvalue weighted by molar-refractivity contribution is 1.05. The second-order valence-electron chi connectivity index (χ2n) is 9.49. The van der Waals surface area contributed by atoms with Gasteiger partial charge >= 0.3 is 0 Å². The summed E-state index contributed by atoms with van der Waals surface area (Å²) in [6.07, 6.45) is 16.3. The van der Waals surface area contributed by atoms with Crippen LogP contribution < -0.4 is 10.4 Å². The van der Waals surface area contributed by atoms with Crippen LogP contribution in [0.1, 0.15) is 31.2 Å². The van der Waals surface area contributed by atoms with E-state index in [-0.39, 0.29) is 0 Å². The Hall–Kier alpha value is -3.90. The Morgan fingerprint density at radius 3 is 1.94 bits per heavy atom. The second kappa shape index (κ2) is 7.85. The summed E-state index contributed by atoms with van der Waals surface area (Å²) < 4.78 is 0. The van der Waals surface area contributed by atoms with Crippen LogP contribution in [0.25, 0.3) is 61.2 Å². The molecular weight excluding hydrogens is 408 g/mol. The maximum atomic E-state index is 2.48. The standard InChI is InChI=1S/C34H26/c1-2-11-25(12-3-1)33-28-14-6-8-16-30(28)34(31-17-9-7-15-29(31)33)26-21-20-24-19-18-23-10-4-5-13-27(23)32(24)22-26/h1-2,4-6,8,10-11,13-22H,3,7,9,12H2. The van der Waals surface area contributed by atoms with Gasteiger partial charge in [0.2, 0.25) is 0 Å². The molecule has 0 fully saturated rings. The lowest BCUT2D eigenvalue weighted by Gasteiger charge is -2.20. The van der Waals surface area contributed by atoms with Crippen LogP contribution in [0.2, 0.25) is 0 Å². The van der Waals surface area contributed by atoms with Gasteiger partial charge in [-0.15, -0.1) is 0 Å². The first-order chi connectivity index (χ1) is 16.9. The van der Waals surface area contributed by atoms with Gasteiger partial charge in [0.25, 0.3) is 0 Å². The summed E-state index contributed by atoms with van der Waals surface area (Å²) in [5.41, 5.74) is 5.61. The lowest BCUT2D eigenvalue weighted by atomic mass is 9.84. The molecule has 0 nitrogen and oxygen atoms in total. The summed E-state index contributed by atoms with van der Waals surface area (Å²) >= 11 is 0. The van der Waals surface area contributed by atoms with Crippen molar-refractivity contribution in [2.75, 3.05) is 0 Å². The third-order valence-electron chi connectivity index (χ3n) is 7.53. The monoisotopic (exact) mass is 434 g/mol. The van der Waals surface area contributed by atoms with Crippen molar-refractivity contribution in [3.05, 3.63) is 113 Å². The number of hydrogen-bond acceptors (Lipinski definition) is 0. The van der Waals surface area contributed by atoms with Crippen LogP contribution in [0.15, 0.2) is 97.1 Å². The van der Waals surface area contributed by atoms with E-state index in [1.54, 1.807) is 0 Å². The zero-order valence-corrected chi connectivity index (χ0v) is 19.2. The third-order valence-corrected chi connectivity index (χ3v) is 7.53. The van der Waals surface area contributed by atoms with Crippen molar-refractivity contribution in [2.24, 2.45) is 0 Å². The number of benzene rings is 5. The van der Waals surface area contributed by atoms with E-state index in [0.29, 0.717) is 0 Å². The highest BCUT2D eigenvalue weighted by atomic mass is 14.2. The van der Waals surface area contributed by atoms with E-state index in [1.807, 2.05) is 0 Å². The minimum Gasteiger partial charge on any atom is -0.0842 e. The Bertz CT molecular complexity index is 1790. The Balaban J connectivity index is 1.61. The van der Waals surface area contributed by atoms with Crippen LogP contribution in [0.4, 0.5) is 0 Å². The number of hydrogen-bond donors (Lipinski definition) is 0. The van der Waals surface area contributed by atoms with Crippen molar-refractivity contribution in [3.8, 4) is 11.1 Å². The van der Waals surface area contributed by atoms with Gasteiger partial charge in [0, 0.05) is 0 Å². The van der Waals surface area contributed by atoms with E-state index < -0.39 is 0 Å². The molecule has 34 heavy (non-hydrogen) atoms. The summed E-state index contributed by atoms with van der Waals surface area (Å²) in [4.78, 5) is 0. The highest BCUT2D eigenvalue weighted by Crippen LogP contribution is 2.35. The number of rotatable bonds is 2. The van der Waals surface area contributed by atoms with Crippen molar-refractivity contribution in [2.45, 2.75) is 25.7 Å². The average Bonchev–Trinajstić information content (AvgIpc) is 2.92. The lowest BCUT2D eigenvalue weighted by Crippen LogP contribution is -2.33. The summed E-state index contributed by atoms with van der Waals surface area (Å²) in [6.45, 7) is 0. The molecule has 7 rings (SSSR count). The molecule has 0 atom stereocenters. The summed E-state index contributed by atoms with van der Waals surface area (Å²) in [7, 11) is 0. The first kappa shape index (κ1) is 19.6. The molecule has 5 aromatic rings. The molecule has 0 saturated heterocycles. The Morgan fingerprint density at radius 1 is 0.529 bits per heavy atom. The Morgan fingerprint density at radius 2 is 1.18 bits per heavy atom. The normalized spacial score (nSPS) is 15.1. The van der Waals surface area contributed by atoms with Gasteiger partial charge in [0.15, 0.2) is 0 Å². The topological polar surface area (TPSA) is 0 Å². The van der Waals surface area contributed by atoms with Crippen LogP contribution in [0, 0.1) is 0 Å². The Labute approximate surface area is 199 Å². The second-order valence-corrected chi connectivity index (χ2v) is 9.49. The van der Waals surface area contributed by atoms with Gasteiger partial charge in [-0.3, -0.25) is 0 Å². The molecule has 0 heteroatoms. The van der Waals surface area contributed by atoms with Crippen molar-refractivity contribution in [1.82, 2.24) is 0 Å². The summed E-state index contributed by atoms with van der Waals surface area (Å²) in [5.74, 6) is 0. The van der Waals surface area contributed by atoms with Crippen LogP contribution >= 0.6 is 0 Å². The third kappa shape index (κ3) is 2.99. The largest absolute Gasteiger partial charge is 0.0842 e. The SMILES string of the molecule is C1=CCCC(c2c3c(c(-c4ccc5ccc6ccccc6c5c4)c4ccccc24)=CCCC=3)=C1. The van der Waals surface area contributed by atoms with Crippen molar-refractivity contribution in [1.29, 1.82) is 0 Å². The maximum Gasteiger partial charge on any atom is -0.00295 e. The molecule has 0 spiro atoms. The average molecular weight is 435 g/mol. The van der Waals surface area contributed by atoms with Crippen LogP contribution in [0.5, 0.6) is 0 Å². The highest BCUT2D eigenvalue weighted by molar-refractivity contribution is 6.10. The molecule has 2 aliphatic rings. The molecule has 0 aliphatic heterocycles.